The minimum absolute atomic E-state index is 0.0965. The molecule has 0 aliphatic carbocycles. The van der Waals surface area contributed by atoms with E-state index in [-0.39, 0.29) is 23.3 Å². The quantitative estimate of drug-likeness (QED) is 0.495. The summed E-state index contributed by atoms with van der Waals surface area (Å²) in [5.74, 6) is -0.710. The molecular weight excluding hydrogens is 523 g/mol. The average Bonchev–Trinajstić information content (AvgIpc) is 3.33. The van der Waals surface area contributed by atoms with Gasteiger partial charge < -0.3 is 20.7 Å². The second-order valence-corrected chi connectivity index (χ2v) is 12.6. The van der Waals surface area contributed by atoms with E-state index in [4.69, 9.17) is 27.9 Å². The zero-order chi connectivity index (χ0) is 27.1. The third-order valence-corrected chi connectivity index (χ3v) is 8.41. The van der Waals surface area contributed by atoms with Crippen molar-refractivity contribution < 1.29 is 14.3 Å². The van der Waals surface area contributed by atoms with Crippen LogP contribution in [-0.2, 0) is 19.7 Å². The summed E-state index contributed by atoms with van der Waals surface area (Å²) in [6, 6.07) is 12.2. The van der Waals surface area contributed by atoms with Crippen LogP contribution in [0.25, 0.3) is 0 Å². The van der Waals surface area contributed by atoms with Crippen LogP contribution < -0.4 is 16.0 Å². The van der Waals surface area contributed by atoms with Crippen LogP contribution in [0.1, 0.15) is 44.2 Å². The number of hydrogen-bond donors (Lipinski definition) is 3. The van der Waals surface area contributed by atoms with Gasteiger partial charge in [0.2, 0.25) is 11.8 Å². The molecule has 2 aromatic rings. The highest BCUT2D eigenvalue weighted by atomic mass is 35.5. The van der Waals surface area contributed by atoms with E-state index in [0.717, 1.165) is 30.8 Å². The van der Waals surface area contributed by atoms with Crippen molar-refractivity contribution >= 4 is 40.7 Å². The lowest BCUT2D eigenvalue weighted by Crippen LogP contribution is -2.49. The molecule has 0 saturated carbocycles. The number of benzene rings is 2. The molecule has 3 aliphatic rings. The monoisotopic (exact) mass is 558 g/mol. The van der Waals surface area contributed by atoms with Crippen molar-refractivity contribution in [2.45, 2.75) is 50.6 Å². The first-order chi connectivity index (χ1) is 18.1. The van der Waals surface area contributed by atoms with E-state index in [1.807, 2.05) is 36.4 Å². The van der Waals surface area contributed by atoms with E-state index in [1.165, 1.54) is 0 Å². The van der Waals surface area contributed by atoms with Gasteiger partial charge in [0, 0.05) is 53.9 Å². The van der Waals surface area contributed by atoms with Crippen molar-refractivity contribution in [2.24, 2.45) is 5.41 Å². The fourth-order valence-corrected chi connectivity index (χ4v) is 6.76. The summed E-state index contributed by atoms with van der Waals surface area (Å²) in [6.07, 6.45) is 0.692. The summed E-state index contributed by atoms with van der Waals surface area (Å²) in [6.45, 7) is 10.9. The lowest BCUT2D eigenvalue weighted by atomic mass is 9.62. The van der Waals surface area contributed by atoms with Gasteiger partial charge in [0.1, 0.15) is 5.41 Å². The Balaban J connectivity index is 1.55. The summed E-state index contributed by atoms with van der Waals surface area (Å²) >= 11 is 12.8. The smallest absolute Gasteiger partial charge is 0.237 e. The standard InChI is InChI=1S/C29H36Cl2N4O3/c1-28(2,3)17-23-29(21-8-7-20(31)16-22(21)33-27(29)37)24(18-5-4-6-19(30)15-18)25(34-23)26(36)32-9-10-35-11-13-38-14-12-35/h4-8,15-16,23-25,34H,9-14,17H2,1-3H3,(H,32,36)(H,33,37)/t23-,24+,25-,29+/m1/s1. The zero-order valence-corrected chi connectivity index (χ0v) is 23.7. The first-order valence-corrected chi connectivity index (χ1v) is 14.1. The van der Waals surface area contributed by atoms with Crippen LogP contribution in [-0.4, -0.2) is 68.2 Å². The minimum Gasteiger partial charge on any atom is -0.379 e. The van der Waals surface area contributed by atoms with Crippen LogP contribution in [0.5, 0.6) is 0 Å². The number of amides is 2. The van der Waals surface area contributed by atoms with Gasteiger partial charge in [-0.15, -0.1) is 0 Å². The molecule has 0 aromatic heterocycles. The number of hydrogen-bond acceptors (Lipinski definition) is 5. The number of halogens is 2. The van der Waals surface area contributed by atoms with Gasteiger partial charge >= 0.3 is 0 Å². The number of carbonyl (C=O) groups is 2. The highest BCUT2D eigenvalue weighted by Gasteiger charge is 2.65. The predicted molar refractivity (Wildman–Crippen MR) is 151 cm³/mol. The fourth-order valence-electron chi connectivity index (χ4n) is 6.39. The second kappa shape index (κ2) is 10.8. The lowest BCUT2D eigenvalue weighted by Gasteiger charge is -2.37. The van der Waals surface area contributed by atoms with E-state index in [2.05, 4.69) is 41.6 Å². The van der Waals surface area contributed by atoms with Crippen LogP contribution in [0.3, 0.4) is 0 Å². The lowest BCUT2D eigenvalue weighted by molar-refractivity contribution is -0.124. The number of nitrogens with zero attached hydrogens (tertiary/aromatic N) is 1. The van der Waals surface area contributed by atoms with Crippen LogP contribution in [0.4, 0.5) is 5.69 Å². The highest BCUT2D eigenvalue weighted by molar-refractivity contribution is 6.31. The van der Waals surface area contributed by atoms with Crippen molar-refractivity contribution in [1.29, 1.82) is 0 Å². The van der Waals surface area contributed by atoms with Crippen molar-refractivity contribution in [3.05, 3.63) is 63.6 Å². The van der Waals surface area contributed by atoms with Gasteiger partial charge in [-0.25, -0.2) is 0 Å². The van der Waals surface area contributed by atoms with Crippen molar-refractivity contribution in [1.82, 2.24) is 15.5 Å². The molecule has 3 aliphatic heterocycles. The molecular formula is C29H36Cl2N4O3. The van der Waals surface area contributed by atoms with Crippen molar-refractivity contribution in [2.75, 3.05) is 44.7 Å². The number of anilines is 1. The largest absolute Gasteiger partial charge is 0.379 e. The summed E-state index contributed by atoms with van der Waals surface area (Å²) in [5.41, 5.74) is 1.31. The number of carbonyl (C=O) groups excluding carboxylic acids is 2. The normalized spacial score (nSPS) is 27.4. The number of ether oxygens (including phenoxy) is 1. The summed E-state index contributed by atoms with van der Waals surface area (Å²) in [5, 5.41) is 11.0. The SMILES string of the molecule is CC(C)(C)C[C@H]1N[C@@H](C(=O)NCCN2CCOCC2)[C@H](c2cccc(Cl)c2)[C@@]12C(=O)Nc1cc(Cl)ccc12. The van der Waals surface area contributed by atoms with E-state index in [1.54, 1.807) is 6.07 Å². The van der Waals surface area contributed by atoms with Gasteiger partial charge in [0.25, 0.3) is 0 Å². The van der Waals surface area contributed by atoms with Crippen LogP contribution in [0.2, 0.25) is 10.0 Å². The highest BCUT2D eigenvalue weighted by Crippen LogP contribution is 2.56. The molecule has 2 saturated heterocycles. The Kier molecular flexibility index (Phi) is 7.77. The Hall–Kier alpha value is -2.16. The predicted octanol–water partition coefficient (Wildman–Crippen LogP) is 4.19. The number of fused-ring (bicyclic) bond motifs is 2. The molecule has 204 valence electrons. The molecule has 7 nitrogen and oxygen atoms in total. The van der Waals surface area contributed by atoms with Gasteiger partial charge in [-0.3, -0.25) is 14.5 Å². The summed E-state index contributed by atoms with van der Waals surface area (Å²) in [4.78, 5) is 30.3. The average molecular weight is 560 g/mol. The molecule has 38 heavy (non-hydrogen) atoms. The molecule has 2 fully saturated rings. The van der Waals surface area contributed by atoms with E-state index < -0.39 is 17.4 Å². The number of morpholine rings is 1. The van der Waals surface area contributed by atoms with Gasteiger partial charge in [-0.05, 0) is 47.2 Å². The maximum Gasteiger partial charge on any atom is 0.237 e. The van der Waals surface area contributed by atoms with Crippen LogP contribution in [0.15, 0.2) is 42.5 Å². The van der Waals surface area contributed by atoms with Crippen LogP contribution in [0, 0.1) is 5.41 Å². The molecule has 3 N–H and O–H groups in total. The molecule has 3 heterocycles. The second-order valence-electron chi connectivity index (χ2n) is 11.8. The minimum atomic E-state index is -1.01. The zero-order valence-electron chi connectivity index (χ0n) is 22.2. The van der Waals surface area contributed by atoms with E-state index >= 15 is 0 Å². The topological polar surface area (TPSA) is 82.7 Å². The molecule has 4 atom stereocenters. The molecule has 2 aromatic carbocycles. The molecule has 5 rings (SSSR count). The van der Waals surface area contributed by atoms with Crippen molar-refractivity contribution in [3.8, 4) is 0 Å². The Morgan fingerprint density at radius 1 is 1.13 bits per heavy atom. The molecule has 0 radical (unpaired) electrons. The maximum atomic E-state index is 14.1. The molecule has 0 bridgehead atoms. The third kappa shape index (κ3) is 5.19. The summed E-state index contributed by atoms with van der Waals surface area (Å²) in [7, 11) is 0. The van der Waals surface area contributed by atoms with Gasteiger partial charge in [-0.2, -0.15) is 0 Å². The number of nitrogens with one attached hydrogen (secondary N) is 3. The Labute approximate surface area is 234 Å². The van der Waals surface area contributed by atoms with Gasteiger partial charge in [0.05, 0.1) is 19.3 Å². The number of rotatable bonds is 6. The van der Waals surface area contributed by atoms with E-state index in [0.29, 0.717) is 41.9 Å². The third-order valence-electron chi connectivity index (χ3n) is 7.94. The summed E-state index contributed by atoms with van der Waals surface area (Å²) < 4.78 is 5.44. The Bertz CT molecular complexity index is 1210. The van der Waals surface area contributed by atoms with Crippen LogP contribution >= 0.6 is 23.2 Å². The first kappa shape index (κ1) is 27.4. The Morgan fingerprint density at radius 2 is 1.87 bits per heavy atom. The van der Waals surface area contributed by atoms with E-state index in [9.17, 15) is 9.59 Å². The van der Waals surface area contributed by atoms with Gasteiger partial charge in [-0.1, -0.05) is 62.2 Å². The van der Waals surface area contributed by atoms with Crippen molar-refractivity contribution in [3.63, 3.8) is 0 Å². The Morgan fingerprint density at radius 3 is 2.58 bits per heavy atom. The van der Waals surface area contributed by atoms with Gasteiger partial charge in [0.15, 0.2) is 0 Å². The fraction of sp³-hybridized carbons (Fsp3) is 0.517. The maximum absolute atomic E-state index is 14.1. The molecule has 9 heteroatoms. The molecule has 1 spiro atoms. The molecule has 2 amide bonds. The first-order valence-electron chi connectivity index (χ1n) is 13.3. The molecule has 0 unspecified atom stereocenters.